The predicted molar refractivity (Wildman–Crippen MR) is 127 cm³/mol. The second-order valence-electron chi connectivity index (χ2n) is 8.73. The maximum Gasteiger partial charge on any atom is 0.238 e. The first-order chi connectivity index (χ1) is 15.7. The summed E-state index contributed by atoms with van der Waals surface area (Å²) in [5.41, 5.74) is 2.29. The number of likely N-dealkylation sites (tertiary alicyclic amines) is 1. The summed E-state index contributed by atoms with van der Waals surface area (Å²) in [6, 6.07) is 16.3. The molecule has 2 aliphatic heterocycles. The minimum Gasteiger partial charge on any atom is -0.337 e. The predicted octanol–water partition coefficient (Wildman–Crippen LogP) is 6.02. The molecule has 2 heterocycles. The lowest BCUT2D eigenvalue weighted by atomic mass is 9.58. The van der Waals surface area contributed by atoms with Gasteiger partial charge in [0.2, 0.25) is 11.8 Å². The largest absolute Gasteiger partial charge is 0.337 e. The third-order valence-electron chi connectivity index (χ3n) is 6.98. The van der Waals surface area contributed by atoms with Crippen molar-refractivity contribution >= 4 is 40.7 Å². The van der Waals surface area contributed by atoms with E-state index in [0.29, 0.717) is 21.3 Å². The van der Waals surface area contributed by atoms with Crippen LogP contribution in [0.5, 0.6) is 0 Å². The van der Waals surface area contributed by atoms with Crippen molar-refractivity contribution < 1.29 is 14.0 Å². The Kier molecular flexibility index (Phi) is 5.22. The minimum absolute atomic E-state index is 0.108. The number of nitrogens with zero attached hydrogens (tertiary/aromatic N) is 1. The fourth-order valence-electron chi connectivity index (χ4n) is 5.53. The molecule has 4 nitrogen and oxygen atoms in total. The number of fused-ring (bicyclic) bond motifs is 2. The summed E-state index contributed by atoms with van der Waals surface area (Å²) in [4.78, 5) is 28.9. The molecule has 0 saturated carbocycles. The van der Waals surface area contributed by atoms with Gasteiger partial charge in [-0.2, -0.15) is 0 Å². The van der Waals surface area contributed by atoms with E-state index < -0.39 is 23.2 Å². The van der Waals surface area contributed by atoms with Crippen LogP contribution in [0, 0.1) is 12.7 Å². The molecular formula is C26H21Cl2FN2O2. The second kappa shape index (κ2) is 7.86. The Balaban J connectivity index is 1.87. The van der Waals surface area contributed by atoms with E-state index >= 15 is 0 Å². The Bertz CT molecular complexity index is 1310. The quantitative estimate of drug-likeness (QED) is 0.485. The zero-order chi connectivity index (χ0) is 23.5. The number of carbonyl (C=O) groups is 2. The van der Waals surface area contributed by atoms with Gasteiger partial charge in [-0.15, -0.1) is 0 Å². The zero-order valence-electron chi connectivity index (χ0n) is 18.0. The fourth-order valence-corrected chi connectivity index (χ4v) is 5.90. The van der Waals surface area contributed by atoms with E-state index in [-0.39, 0.29) is 18.2 Å². The average molecular weight is 483 g/mol. The van der Waals surface area contributed by atoms with Gasteiger partial charge in [-0.1, -0.05) is 47.5 Å². The van der Waals surface area contributed by atoms with Crippen LogP contribution in [0.3, 0.4) is 0 Å². The summed E-state index contributed by atoms with van der Waals surface area (Å²) in [5, 5.41) is 4.00. The van der Waals surface area contributed by atoms with Crippen molar-refractivity contribution in [3.63, 3.8) is 0 Å². The monoisotopic (exact) mass is 482 g/mol. The maximum absolute atomic E-state index is 14.5. The minimum atomic E-state index is -1.20. The Morgan fingerprint density at radius 3 is 2.55 bits per heavy atom. The molecule has 33 heavy (non-hydrogen) atoms. The molecule has 2 aliphatic rings. The van der Waals surface area contributed by atoms with Crippen molar-refractivity contribution in [2.45, 2.75) is 30.7 Å². The maximum atomic E-state index is 14.5. The second-order valence-corrected chi connectivity index (χ2v) is 9.61. The van der Waals surface area contributed by atoms with Crippen LogP contribution in [-0.2, 0) is 15.0 Å². The lowest BCUT2D eigenvalue weighted by Crippen LogP contribution is -2.57. The van der Waals surface area contributed by atoms with Crippen LogP contribution in [0.25, 0.3) is 0 Å². The molecule has 1 spiro atoms. The fraction of sp³-hybridized carbons (Fsp3) is 0.231. The van der Waals surface area contributed by atoms with Crippen molar-refractivity contribution in [3.05, 3.63) is 98.8 Å². The van der Waals surface area contributed by atoms with Gasteiger partial charge in [0, 0.05) is 35.1 Å². The summed E-state index contributed by atoms with van der Waals surface area (Å²) in [5.74, 6) is -1.33. The molecule has 1 fully saturated rings. The third kappa shape index (κ3) is 3.25. The normalized spacial score (nSPS) is 24.2. The van der Waals surface area contributed by atoms with E-state index in [1.807, 2.05) is 25.1 Å². The molecule has 3 atom stereocenters. The molecule has 168 valence electrons. The Morgan fingerprint density at radius 2 is 1.79 bits per heavy atom. The number of likely N-dealkylation sites (N-methyl/N-ethyl adjacent to an activating group) is 1. The number of benzene rings is 3. The number of anilines is 1. The number of hydrogen-bond acceptors (Lipinski definition) is 2. The molecule has 0 radical (unpaired) electrons. The molecular weight excluding hydrogens is 462 g/mol. The number of halogens is 3. The summed E-state index contributed by atoms with van der Waals surface area (Å²) in [6.45, 7) is 1.86. The zero-order valence-corrected chi connectivity index (χ0v) is 19.5. The van der Waals surface area contributed by atoms with Crippen LogP contribution in [0.2, 0.25) is 10.0 Å². The Morgan fingerprint density at radius 1 is 1.03 bits per heavy atom. The molecule has 3 aromatic carbocycles. The first-order valence-corrected chi connectivity index (χ1v) is 11.4. The van der Waals surface area contributed by atoms with Crippen LogP contribution in [0.4, 0.5) is 10.1 Å². The summed E-state index contributed by atoms with van der Waals surface area (Å²) >= 11 is 12.6. The van der Waals surface area contributed by atoms with E-state index in [4.69, 9.17) is 23.2 Å². The number of amides is 2. The van der Waals surface area contributed by atoms with Gasteiger partial charge in [-0.25, -0.2) is 4.39 Å². The van der Waals surface area contributed by atoms with E-state index in [9.17, 15) is 14.0 Å². The van der Waals surface area contributed by atoms with Gasteiger partial charge in [0.15, 0.2) is 0 Å². The van der Waals surface area contributed by atoms with Gasteiger partial charge >= 0.3 is 0 Å². The molecule has 2 amide bonds. The van der Waals surface area contributed by atoms with Crippen molar-refractivity contribution in [1.29, 1.82) is 0 Å². The van der Waals surface area contributed by atoms with E-state index in [1.165, 1.54) is 12.1 Å². The van der Waals surface area contributed by atoms with E-state index in [1.54, 1.807) is 42.3 Å². The molecule has 5 rings (SSSR count). The highest BCUT2D eigenvalue weighted by molar-refractivity contribution is 6.31. The SMILES string of the molecule is Cc1ccc(F)cc1[C@@H]1N(C)C(=O)C[C@H](c2cccc(Cl)c2)[C@@]12C(=O)Nc1cc(Cl)ccc12. The number of piperidine rings is 1. The third-order valence-corrected chi connectivity index (χ3v) is 7.45. The number of hydrogen-bond donors (Lipinski definition) is 1. The lowest BCUT2D eigenvalue weighted by molar-refractivity contribution is -0.143. The van der Waals surface area contributed by atoms with Crippen molar-refractivity contribution in [1.82, 2.24) is 4.90 Å². The van der Waals surface area contributed by atoms with Crippen molar-refractivity contribution in [3.8, 4) is 0 Å². The van der Waals surface area contributed by atoms with Crippen LogP contribution in [0.1, 0.15) is 40.6 Å². The molecule has 0 aliphatic carbocycles. The molecule has 0 bridgehead atoms. The highest BCUT2D eigenvalue weighted by atomic mass is 35.5. The number of aryl methyl sites for hydroxylation is 1. The molecule has 0 unspecified atom stereocenters. The molecule has 3 aromatic rings. The average Bonchev–Trinajstić information content (AvgIpc) is 3.04. The summed E-state index contributed by atoms with van der Waals surface area (Å²) in [7, 11) is 1.68. The topological polar surface area (TPSA) is 49.4 Å². The smallest absolute Gasteiger partial charge is 0.238 e. The number of carbonyl (C=O) groups excluding carboxylic acids is 2. The van der Waals surface area contributed by atoms with Gasteiger partial charge < -0.3 is 10.2 Å². The molecule has 1 saturated heterocycles. The number of rotatable bonds is 2. The highest BCUT2D eigenvalue weighted by Gasteiger charge is 2.63. The molecule has 0 aromatic heterocycles. The van der Waals surface area contributed by atoms with Crippen molar-refractivity contribution in [2.75, 3.05) is 12.4 Å². The number of nitrogens with one attached hydrogen (secondary N) is 1. The van der Waals surface area contributed by atoms with Crippen LogP contribution in [-0.4, -0.2) is 23.8 Å². The highest BCUT2D eigenvalue weighted by Crippen LogP contribution is 2.60. The van der Waals surface area contributed by atoms with Crippen molar-refractivity contribution in [2.24, 2.45) is 0 Å². The van der Waals surface area contributed by atoms with Crippen LogP contribution >= 0.6 is 23.2 Å². The summed E-state index contributed by atoms with van der Waals surface area (Å²) < 4.78 is 14.5. The molecule has 1 N–H and O–H groups in total. The van der Waals surface area contributed by atoms with Crippen LogP contribution < -0.4 is 5.32 Å². The van der Waals surface area contributed by atoms with E-state index in [0.717, 1.165) is 16.7 Å². The van der Waals surface area contributed by atoms with Gasteiger partial charge in [0.05, 0.1) is 6.04 Å². The van der Waals surface area contributed by atoms with E-state index in [2.05, 4.69) is 5.32 Å². The van der Waals surface area contributed by atoms with Gasteiger partial charge in [0.25, 0.3) is 0 Å². The van der Waals surface area contributed by atoms with Gasteiger partial charge in [-0.05, 0) is 65.6 Å². The van der Waals surface area contributed by atoms with Gasteiger partial charge in [0.1, 0.15) is 11.2 Å². The Labute approximate surface area is 201 Å². The summed E-state index contributed by atoms with van der Waals surface area (Å²) in [6.07, 6.45) is 0.108. The molecule has 7 heteroatoms. The standard InChI is InChI=1S/C26H21Cl2FN2O2/c1-14-6-8-18(29)12-19(14)24-26(20-9-7-17(28)11-22(20)30-25(26)33)21(13-23(32)31(24)2)15-4-3-5-16(27)10-15/h3-12,21,24H,13H2,1-2H3,(H,30,33)/t21-,24+,26-/m1/s1. The first-order valence-electron chi connectivity index (χ1n) is 10.6. The Hall–Kier alpha value is -2.89. The lowest BCUT2D eigenvalue weighted by Gasteiger charge is -2.50. The van der Waals surface area contributed by atoms with Crippen LogP contribution in [0.15, 0.2) is 60.7 Å². The first kappa shape index (κ1) is 21.9. The van der Waals surface area contributed by atoms with Gasteiger partial charge in [-0.3, -0.25) is 9.59 Å².